The first-order chi connectivity index (χ1) is 8.44. The van der Waals surface area contributed by atoms with E-state index in [2.05, 4.69) is 62.3 Å². The monoisotopic (exact) mass is 262 g/mol. The number of nitrogens with one attached hydrogen (secondary N) is 1. The van der Waals surface area contributed by atoms with Gasteiger partial charge in [-0.05, 0) is 30.4 Å². The van der Waals surface area contributed by atoms with Crippen molar-refractivity contribution in [1.29, 1.82) is 0 Å². The fourth-order valence-corrected chi connectivity index (χ4v) is 3.47. The molecule has 1 atom stereocenters. The van der Waals surface area contributed by atoms with Crippen molar-refractivity contribution in [3.63, 3.8) is 0 Å². The van der Waals surface area contributed by atoms with Gasteiger partial charge in [0, 0.05) is 10.9 Å². The molecule has 0 saturated carbocycles. The van der Waals surface area contributed by atoms with Crippen LogP contribution in [0.15, 0.2) is 29.3 Å². The van der Waals surface area contributed by atoms with E-state index in [0.29, 0.717) is 10.7 Å². The first kappa shape index (κ1) is 13.5. The van der Waals surface area contributed by atoms with Gasteiger partial charge >= 0.3 is 0 Å². The summed E-state index contributed by atoms with van der Waals surface area (Å²) >= 11 is 1.88. The maximum atomic E-state index is 4.61. The zero-order valence-electron chi connectivity index (χ0n) is 11.7. The third-order valence-corrected chi connectivity index (χ3v) is 4.05. The smallest absolute Gasteiger partial charge is 0.161 e. The van der Waals surface area contributed by atoms with Crippen LogP contribution >= 0.6 is 11.8 Å². The normalized spacial score (nSPS) is 19.8. The third kappa shape index (κ3) is 3.77. The van der Waals surface area contributed by atoms with Gasteiger partial charge in [0.15, 0.2) is 5.17 Å². The van der Waals surface area contributed by atoms with E-state index >= 15 is 0 Å². The Morgan fingerprint density at radius 2 is 2.06 bits per heavy atom. The molecule has 18 heavy (non-hydrogen) atoms. The molecule has 0 amide bonds. The summed E-state index contributed by atoms with van der Waals surface area (Å²) in [6.07, 6.45) is 1.21. The summed E-state index contributed by atoms with van der Waals surface area (Å²) in [5.74, 6) is 0. The highest BCUT2D eigenvalue weighted by molar-refractivity contribution is 8.15. The van der Waals surface area contributed by atoms with E-state index in [-0.39, 0.29) is 0 Å². The Bertz CT molecular complexity index is 446. The van der Waals surface area contributed by atoms with E-state index in [1.54, 1.807) is 0 Å². The summed E-state index contributed by atoms with van der Waals surface area (Å²) < 4.78 is 0. The average molecular weight is 262 g/mol. The molecule has 2 rings (SSSR count). The first-order valence-electron chi connectivity index (χ1n) is 6.48. The standard InChI is InChI=1S/C15H22N2S/c1-11-7-5-6-8-13(11)17-14-16-10-12(18-14)9-15(2,3)4/h5-8,12H,9-10H2,1-4H3,(H,16,17). The number of aryl methyl sites for hydroxylation is 1. The molecule has 0 aliphatic carbocycles. The van der Waals surface area contributed by atoms with Gasteiger partial charge in [-0.3, -0.25) is 4.99 Å². The molecule has 2 nitrogen and oxygen atoms in total. The highest BCUT2D eigenvalue weighted by atomic mass is 32.2. The molecule has 0 aromatic heterocycles. The van der Waals surface area contributed by atoms with Crippen molar-refractivity contribution >= 4 is 22.6 Å². The second-order valence-corrected chi connectivity index (χ2v) is 7.38. The molecule has 1 unspecified atom stereocenters. The van der Waals surface area contributed by atoms with Gasteiger partial charge in [-0.1, -0.05) is 50.7 Å². The number of hydrogen-bond acceptors (Lipinski definition) is 3. The van der Waals surface area contributed by atoms with Crippen molar-refractivity contribution < 1.29 is 0 Å². The second kappa shape index (κ2) is 5.35. The van der Waals surface area contributed by atoms with Gasteiger partial charge in [-0.2, -0.15) is 0 Å². The van der Waals surface area contributed by atoms with Crippen LogP contribution in [0.5, 0.6) is 0 Å². The van der Waals surface area contributed by atoms with Crippen molar-refractivity contribution in [2.24, 2.45) is 10.4 Å². The number of nitrogens with zero attached hydrogens (tertiary/aromatic N) is 1. The Morgan fingerprint density at radius 3 is 2.72 bits per heavy atom. The fourth-order valence-electron chi connectivity index (χ4n) is 2.10. The summed E-state index contributed by atoms with van der Waals surface area (Å²) in [4.78, 5) is 4.61. The molecule has 1 aromatic carbocycles. The van der Waals surface area contributed by atoms with Gasteiger partial charge in [0.1, 0.15) is 0 Å². The van der Waals surface area contributed by atoms with Crippen LogP contribution in [0.3, 0.4) is 0 Å². The Morgan fingerprint density at radius 1 is 1.33 bits per heavy atom. The van der Waals surface area contributed by atoms with Crippen LogP contribution < -0.4 is 5.32 Å². The number of amidine groups is 1. The molecule has 0 bridgehead atoms. The maximum Gasteiger partial charge on any atom is 0.161 e. The Hall–Kier alpha value is -0.960. The summed E-state index contributed by atoms with van der Waals surface area (Å²) in [5.41, 5.74) is 2.81. The average Bonchev–Trinajstić information content (AvgIpc) is 2.66. The molecule has 0 radical (unpaired) electrons. The van der Waals surface area contributed by atoms with Gasteiger partial charge in [0.2, 0.25) is 0 Å². The highest BCUT2D eigenvalue weighted by Crippen LogP contribution is 2.32. The largest absolute Gasteiger partial charge is 0.335 e. The molecule has 98 valence electrons. The maximum absolute atomic E-state index is 4.61. The zero-order valence-corrected chi connectivity index (χ0v) is 12.5. The lowest BCUT2D eigenvalue weighted by Crippen LogP contribution is -2.16. The van der Waals surface area contributed by atoms with E-state index < -0.39 is 0 Å². The van der Waals surface area contributed by atoms with Gasteiger partial charge in [-0.25, -0.2) is 0 Å². The molecule has 0 spiro atoms. The first-order valence-corrected chi connectivity index (χ1v) is 7.36. The molecule has 1 aromatic rings. The van der Waals surface area contributed by atoms with Crippen LogP contribution in [0.4, 0.5) is 5.69 Å². The quantitative estimate of drug-likeness (QED) is 0.858. The molecular formula is C15H22N2S. The fraction of sp³-hybridized carbons (Fsp3) is 0.533. The molecule has 0 fully saturated rings. The van der Waals surface area contributed by atoms with E-state index in [9.17, 15) is 0 Å². The van der Waals surface area contributed by atoms with Crippen molar-refractivity contribution in [1.82, 2.24) is 0 Å². The van der Waals surface area contributed by atoms with Gasteiger partial charge < -0.3 is 5.32 Å². The minimum Gasteiger partial charge on any atom is -0.335 e. The predicted molar refractivity (Wildman–Crippen MR) is 82.6 cm³/mol. The number of benzene rings is 1. The minimum atomic E-state index is 0.380. The summed E-state index contributed by atoms with van der Waals surface area (Å²) in [5, 5.41) is 5.13. The van der Waals surface area contributed by atoms with Crippen molar-refractivity contribution in [3.05, 3.63) is 29.8 Å². The Balaban J connectivity index is 1.92. The van der Waals surface area contributed by atoms with Gasteiger partial charge in [0.25, 0.3) is 0 Å². The minimum absolute atomic E-state index is 0.380. The van der Waals surface area contributed by atoms with Gasteiger partial charge in [-0.15, -0.1) is 0 Å². The number of anilines is 1. The van der Waals surface area contributed by atoms with Crippen LogP contribution in [0.2, 0.25) is 0 Å². The third-order valence-electron chi connectivity index (χ3n) is 2.94. The molecule has 3 heteroatoms. The topological polar surface area (TPSA) is 24.4 Å². The van der Waals surface area contributed by atoms with E-state index in [1.165, 1.54) is 17.7 Å². The number of para-hydroxylation sites is 1. The lowest BCUT2D eigenvalue weighted by atomic mass is 9.90. The molecule has 1 N–H and O–H groups in total. The SMILES string of the molecule is Cc1ccccc1NC1=NCC(CC(C)(C)C)S1. The van der Waals surface area contributed by atoms with Crippen LogP contribution in [-0.4, -0.2) is 17.0 Å². The number of thioether (sulfide) groups is 1. The number of aliphatic imine (C=N–C) groups is 1. The van der Waals surface area contributed by atoms with Crippen LogP contribution in [0.25, 0.3) is 0 Å². The van der Waals surface area contributed by atoms with E-state index in [4.69, 9.17) is 0 Å². The number of hydrogen-bond donors (Lipinski definition) is 1. The van der Waals surface area contributed by atoms with Crippen molar-refractivity contribution in [2.45, 2.75) is 39.4 Å². The van der Waals surface area contributed by atoms with Gasteiger partial charge in [0.05, 0.1) is 6.54 Å². The van der Waals surface area contributed by atoms with Crippen molar-refractivity contribution in [2.75, 3.05) is 11.9 Å². The Kier molecular flexibility index (Phi) is 4.00. The summed E-state index contributed by atoms with van der Waals surface area (Å²) in [7, 11) is 0. The second-order valence-electron chi connectivity index (χ2n) is 6.09. The summed E-state index contributed by atoms with van der Waals surface area (Å²) in [6.45, 7) is 9.94. The highest BCUT2D eigenvalue weighted by Gasteiger charge is 2.25. The summed E-state index contributed by atoms with van der Waals surface area (Å²) in [6, 6.07) is 8.35. The molecule has 1 aliphatic rings. The molecule has 1 aliphatic heterocycles. The lowest BCUT2D eigenvalue weighted by molar-refractivity contribution is 0.375. The van der Waals surface area contributed by atoms with Crippen LogP contribution in [-0.2, 0) is 0 Å². The molecular weight excluding hydrogens is 240 g/mol. The lowest BCUT2D eigenvalue weighted by Gasteiger charge is -2.21. The van der Waals surface area contributed by atoms with Crippen LogP contribution in [0.1, 0.15) is 32.8 Å². The van der Waals surface area contributed by atoms with Crippen molar-refractivity contribution in [3.8, 4) is 0 Å². The molecule has 0 saturated heterocycles. The molecule has 1 heterocycles. The predicted octanol–water partition coefficient (Wildman–Crippen LogP) is 4.31. The number of rotatable bonds is 2. The Labute approximate surface area is 114 Å². The van der Waals surface area contributed by atoms with E-state index in [0.717, 1.165) is 11.7 Å². The zero-order chi connectivity index (χ0) is 13.2. The van der Waals surface area contributed by atoms with E-state index in [1.807, 2.05) is 11.8 Å². The van der Waals surface area contributed by atoms with Crippen LogP contribution in [0, 0.1) is 12.3 Å².